The standard InChI is InChI=1S/C20H21F5N2O.ClH/c21-15-6-12(7-16(22)10-15)8-17(26)18(28)11-27-19(4-5-19)13-2-1-3-14(9-13)20(23,24)25;/h1-3,6-7,9-10,17-18,27-28H,4-5,8,11,26H2;1H/t17-,18+;/m0./s1. The average Bonchev–Trinajstić information content (AvgIpc) is 3.39. The van der Waals surface area contributed by atoms with Gasteiger partial charge in [-0.1, -0.05) is 12.1 Å². The van der Waals surface area contributed by atoms with E-state index in [1.54, 1.807) is 6.07 Å². The smallest absolute Gasteiger partial charge is 0.390 e. The summed E-state index contributed by atoms with van der Waals surface area (Å²) < 4.78 is 65.3. The summed E-state index contributed by atoms with van der Waals surface area (Å²) in [5.74, 6) is -1.45. The van der Waals surface area contributed by atoms with E-state index in [1.807, 2.05) is 0 Å². The van der Waals surface area contributed by atoms with Crippen molar-refractivity contribution in [3.63, 3.8) is 0 Å². The van der Waals surface area contributed by atoms with Gasteiger partial charge in [-0.3, -0.25) is 0 Å². The van der Waals surface area contributed by atoms with Crippen molar-refractivity contribution in [2.24, 2.45) is 5.73 Å². The van der Waals surface area contributed by atoms with Crippen molar-refractivity contribution in [2.45, 2.75) is 43.1 Å². The Kier molecular flexibility index (Phi) is 7.27. The molecule has 1 aliphatic carbocycles. The van der Waals surface area contributed by atoms with Crippen molar-refractivity contribution >= 4 is 12.4 Å². The predicted molar refractivity (Wildman–Crippen MR) is 102 cm³/mol. The molecule has 3 nitrogen and oxygen atoms in total. The molecule has 2 aromatic carbocycles. The molecule has 2 aromatic rings. The Labute approximate surface area is 171 Å². The molecule has 3 rings (SSSR count). The Bertz CT molecular complexity index is 822. The molecule has 0 radical (unpaired) electrons. The van der Waals surface area contributed by atoms with Crippen molar-refractivity contribution in [2.75, 3.05) is 6.54 Å². The number of rotatable bonds is 7. The zero-order valence-corrected chi connectivity index (χ0v) is 16.2. The fourth-order valence-corrected chi connectivity index (χ4v) is 3.27. The summed E-state index contributed by atoms with van der Waals surface area (Å²) in [6.45, 7) is 0.0508. The van der Waals surface area contributed by atoms with E-state index in [0.717, 1.165) is 30.3 Å². The van der Waals surface area contributed by atoms with Crippen LogP contribution >= 0.6 is 12.4 Å². The highest BCUT2D eigenvalue weighted by atomic mass is 35.5. The number of hydrogen-bond donors (Lipinski definition) is 3. The minimum Gasteiger partial charge on any atom is -0.390 e. The second-order valence-electron chi connectivity index (χ2n) is 7.25. The molecule has 2 atom stereocenters. The number of aliphatic hydroxyl groups is 1. The maximum atomic E-state index is 13.3. The van der Waals surface area contributed by atoms with Crippen LogP contribution in [0.5, 0.6) is 0 Å². The molecule has 0 bridgehead atoms. The molecule has 0 spiro atoms. The highest BCUT2D eigenvalue weighted by Crippen LogP contribution is 2.46. The first kappa shape index (κ1) is 23.5. The molecule has 160 valence electrons. The van der Waals surface area contributed by atoms with Crippen LogP contribution in [0.4, 0.5) is 22.0 Å². The van der Waals surface area contributed by atoms with E-state index in [9.17, 15) is 27.1 Å². The number of benzene rings is 2. The largest absolute Gasteiger partial charge is 0.416 e. The van der Waals surface area contributed by atoms with Crippen molar-refractivity contribution in [1.29, 1.82) is 0 Å². The van der Waals surface area contributed by atoms with E-state index < -0.39 is 41.1 Å². The van der Waals surface area contributed by atoms with Gasteiger partial charge in [0.25, 0.3) is 0 Å². The lowest BCUT2D eigenvalue weighted by atomic mass is 9.99. The summed E-state index contributed by atoms with van der Waals surface area (Å²) >= 11 is 0. The summed E-state index contributed by atoms with van der Waals surface area (Å²) in [7, 11) is 0. The predicted octanol–water partition coefficient (Wildman–Crippen LogP) is 3.92. The summed E-state index contributed by atoms with van der Waals surface area (Å²) in [6, 6.07) is 7.37. The maximum Gasteiger partial charge on any atom is 0.416 e. The van der Waals surface area contributed by atoms with E-state index in [0.29, 0.717) is 24.0 Å². The molecule has 29 heavy (non-hydrogen) atoms. The third-order valence-electron chi connectivity index (χ3n) is 5.03. The molecule has 0 unspecified atom stereocenters. The van der Waals surface area contributed by atoms with E-state index in [4.69, 9.17) is 5.73 Å². The van der Waals surface area contributed by atoms with Crippen LogP contribution in [0.3, 0.4) is 0 Å². The van der Waals surface area contributed by atoms with Crippen molar-refractivity contribution in [3.05, 3.63) is 70.8 Å². The Morgan fingerprint density at radius 1 is 1.07 bits per heavy atom. The van der Waals surface area contributed by atoms with Gasteiger partial charge < -0.3 is 16.2 Å². The van der Waals surface area contributed by atoms with Gasteiger partial charge in [-0.15, -0.1) is 12.4 Å². The molecule has 0 aliphatic heterocycles. The van der Waals surface area contributed by atoms with Crippen LogP contribution in [0, 0.1) is 11.6 Å². The number of aliphatic hydroxyl groups excluding tert-OH is 1. The quantitative estimate of drug-likeness (QED) is 0.577. The van der Waals surface area contributed by atoms with Crippen LogP contribution in [-0.2, 0) is 18.1 Å². The topological polar surface area (TPSA) is 58.3 Å². The lowest BCUT2D eigenvalue weighted by molar-refractivity contribution is -0.137. The third-order valence-corrected chi connectivity index (χ3v) is 5.03. The molecule has 4 N–H and O–H groups in total. The summed E-state index contributed by atoms with van der Waals surface area (Å²) in [5.41, 5.74) is 5.43. The van der Waals surface area contributed by atoms with Crippen molar-refractivity contribution in [3.8, 4) is 0 Å². The van der Waals surface area contributed by atoms with Crippen LogP contribution < -0.4 is 11.1 Å². The SMILES string of the molecule is Cl.N[C@@H](Cc1cc(F)cc(F)c1)[C@H](O)CNC1(c2cccc(C(F)(F)F)c2)CC1. The molecular formula is C20H22ClF5N2O. The molecule has 1 aliphatic rings. The number of hydrogen-bond acceptors (Lipinski definition) is 3. The molecule has 0 saturated heterocycles. The second-order valence-corrected chi connectivity index (χ2v) is 7.25. The normalized spacial score (nSPS) is 17.3. The Balaban J connectivity index is 0.00000300. The zero-order chi connectivity index (χ0) is 20.5. The first-order valence-corrected chi connectivity index (χ1v) is 8.90. The van der Waals surface area contributed by atoms with Gasteiger partial charge in [-0.25, -0.2) is 8.78 Å². The minimum absolute atomic E-state index is 0. The van der Waals surface area contributed by atoms with Crippen LogP contribution in [0.25, 0.3) is 0 Å². The monoisotopic (exact) mass is 436 g/mol. The molecule has 1 fully saturated rings. The second kappa shape index (κ2) is 8.95. The van der Waals surface area contributed by atoms with Crippen LogP contribution in [0.2, 0.25) is 0 Å². The van der Waals surface area contributed by atoms with E-state index in [1.165, 1.54) is 6.07 Å². The molecule has 0 aromatic heterocycles. The summed E-state index contributed by atoms with van der Waals surface area (Å²) in [4.78, 5) is 0. The van der Waals surface area contributed by atoms with Gasteiger partial charge in [0.05, 0.1) is 11.7 Å². The van der Waals surface area contributed by atoms with Gasteiger partial charge in [0, 0.05) is 24.2 Å². The highest BCUT2D eigenvalue weighted by Gasteiger charge is 2.45. The average molecular weight is 437 g/mol. The van der Waals surface area contributed by atoms with Crippen molar-refractivity contribution in [1.82, 2.24) is 5.32 Å². The highest BCUT2D eigenvalue weighted by molar-refractivity contribution is 5.85. The van der Waals surface area contributed by atoms with Gasteiger partial charge in [0.2, 0.25) is 0 Å². The Morgan fingerprint density at radius 3 is 2.24 bits per heavy atom. The Hall–Kier alpha value is -1.74. The fourth-order valence-electron chi connectivity index (χ4n) is 3.27. The molecule has 1 saturated carbocycles. The van der Waals surface area contributed by atoms with Crippen molar-refractivity contribution < 1.29 is 27.1 Å². The van der Waals surface area contributed by atoms with E-state index in [-0.39, 0.29) is 25.4 Å². The molecule has 9 heteroatoms. The van der Waals surface area contributed by atoms with Crippen LogP contribution in [0.15, 0.2) is 42.5 Å². The van der Waals surface area contributed by atoms with Gasteiger partial charge in [0.1, 0.15) is 11.6 Å². The molecule has 0 heterocycles. The summed E-state index contributed by atoms with van der Waals surface area (Å²) in [6.07, 6.45) is -4.10. The zero-order valence-electron chi connectivity index (χ0n) is 15.3. The lowest BCUT2D eigenvalue weighted by Crippen LogP contribution is -2.45. The van der Waals surface area contributed by atoms with Gasteiger partial charge >= 0.3 is 6.18 Å². The number of alkyl halides is 3. The lowest BCUT2D eigenvalue weighted by Gasteiger charge is -2.24. The fraction of sp³-hybridized carbons (Fsp3) is 0.400. The van der Waals surface area contributed by atoms with E-state index >= 15 is 0 Å². The Morgan fingerprint density at radius 2 is 1.69 bits per heavy atom. The number of halogens is 6. The first-order chi connectivity index (χ1) is 13.1. The van der Waals surface area contributed by atoms with Gasteiger partial charge in [0.15, 0.2) is 0 Å². The number of nitrogens with one attached hydrogen (secondary N) is 1. The summed E-state index contributed by atoms with van der Waals surface area (Å²) in [5, 5.41) is 13.4. The molecular weight excluding hydrogens is 415 g/mol. The van der Waals surface area contributed by atoms with Gasteiger partial charge in [-0.05, 0) is 54.7 Å². The number of nitrogens with two attached hydrogens (primary N) is 1. The third kappa shape index (κ3) is 5.88. The minimum atomic E-state index is -4.42. The van der Waals surface area contributed by atoms with Crippen LogP contribution in [-0.4, -0.2) is 23.8 Å². The van der Waals surface area contributed by atoms with Gasteiger partial charge in [-0.2, -0.15) is 13.2 Å². The maximum absolute atomic E-state index is 13.3. The molecule has 0 amide bonds. The van der Waals surface area contributed by atoms with E-state index in [2.05, 4.69) is 5.32 Å². The van der Waals surface area contributed by atoms with Crippen LogP contribution in [0.1, 0.15) is 29.5 Å². The first-order valence-electron chi connectivity index (χ1n) is 8.90.